The van der Waals surface area contributed by atoms with E-state index in [0.717, 1.165) is 12.0 Å². The van der Waals surface area contributed by atoms with E-state index in [1.807, 2.05) is 27.7 Å². The van der Waals surface area contributed by atoms with Crippen LogP contribution in [0.4, 0.5) is 0 Å². The molecule has 0 amide bonds. The molecule has 0 spiro atoms. The van der Waals surface area contributed by atoms with Crippen LogP contribution in [0.1, 0.15) is 43.1 Å². The molecule has 2 rings (SSSR count). The van der Waals surface area contributed by atoms with Crippen molar-refractivity contribution < 1.29 is 18.7 Å². The number of fused-ring (bicyclic) bond motifs is 1. The van der Waals surface area contributed by atoms with Crippen LogP contribution < -0.4 is 0 Å². The molecule has 0 N–H and O–H groups in total. The lowest BCUT2D eigenvalue weighted by molar-refractivity contribution is -0.00264. The predicted molar refractivity (Wildman–Crippen MR) is 63.0 cm³/mol. The third-order valence-electron chi connectivity index (χ3n) is 3.02. The van der Waals surface area contributed by atoms with Gasteiger partial charge in [-0.2, -0.15) is 0 Å². The van der Waals surface area contributed by atoms with Crippen LogP contribution >= 0.6 is 0 Å². The van der Waals surface area contributed by atoms with E-state index in [1.165, 1.54) is 0 Å². The molecule has 17 heavy (non-hydrogen) atoms. The molecule has 4 nitrogen and oxygen atoms in total. The number of esters is 1. The van der Waals surface area contributed by atoms with Gasteiger partial charge in [0, 0.05) is 5.56 Å². The summed E-state index contributed by atoms with van der Waals surface area (Å²) < 4.78 is 15.0. The Balaban J connectivity index is 2.28. The second-order valence-electron chi connectivity index (χ2n) is 4.73. The topological polar surface area (TPSA) is 52.6 Å². The molecule has 0 saturated heterocycles. The number of hydrogen-bond acceptors (Lipinski definition) is 4. The number of carbonyl (C=O) groups is 1. The molecule has 92 valence electrons. The van der Waals surface area contributed by atoms with Gasteiger partial charge in [-0.3, -0.25) is 9.15 Å². The largest absolute Gasteiger partial charge is 0.456 e. The highest BCUT2D eigenvalue weighted by atomic mass is 17.0. The zero-order chi connectivity index (χ0) is 12.6. The monoisotopic (exact) mass is 236 g/mol. The van der Waals surface area contributed by atoms with Crippen molar-refractivity contribution in [2.75, 3.05) is 0 Å². The lowest BCUT2D eigenvalue weighted by Gasteiger charge is -2.23. The van der Waals surface area contributed by atoms with Crippen molar-refractivity contribution in [1.29, 1.82) is 0 Å². The smallest absolute Gasteiger partial charge is 0.339 e. The molecule has 0 saturated carbocycles. The molecule has 0 fully saturated rings. The van der Waals surface area contributed by atoms with Crippen molar-refractivity contribution in [3.05, 3.63) is 23.3 Å². The fraction of sp³-hybridized carbons (Fsp3) is 0.462. The molecule has 0 atom stereocenters. The maximum Gasteiger partial charge on any atom is 0.339 e. The van der Waals surface area contributed by atoms with Crippen molar-refractivity contribution >= 4 is 17.1 Å². The quantitative estimate of drug-likeness (QED) is 0.602. The molecule has 0 aliphatic rings. The van der Waals surface area contributed by atoms with Crippen molar-refractivity contribution in [3.8, 4) is 0 Å². The first-order chi connectivity index (χ1) is 7.94. The third-order valence-corrected chi connectivity index (χ3v) is 3.02. The number of ether oxygens (including phenoxy) is 1. The zero-order valence-electron chi connectivity index (χ0n) is 10.5. The first-order valence-corrected chi connectivity index (χ1v) is 5.66. The van der Waals surface area contributed by atoms with E-state index in [-0.39, 0.29) is 5.97 Å². The maximum atomic E-state index is 12.0. The average molecular weight is 236 g/mol. The van der Waals surface area contributed by atoms with E-state index in [0.29, 0.717) is 16.7 Å². The standard InChI is InChI=1S/C13H16O4/c1-5-13(3,4)15-12(14)9-6-7-10-11(8(9)2)17-16-10/h6-7H,5H2,1-4H3. The molecule has 0 aliphatic carbocycles. The van der Waals surface area contributed by atoms with Gasteiger partial charge in [0.1, 0.15) is 5.60 Å². The summed E-state index contributed by atoms with van der Waals surface area (Å²) in [6.45, 7) is 7.58. The van der Waals surface area contributed by atoms with Gasteiger partial charge in [-0.05, 0) is 39.3 Å². The normalized spacial score (nSPS) is 12.0. The minimum atomic E-state index is -0.455. The van der Waals surface area contributed by atoms with Crippen molar-refractivity contribution in [2.24, 2.45) is 0 Å². The van der Waals surface area contributed by atoms with Gasteiger partial charge < -0.3 is 4.74 Å². The fourth-order valence-electron chi connectivity index (χ4n) is 1.49. The minimum absolute atomic E-state index is 0.326. The summed E-state index contributed by atoms with van der Waals surface area (Å²) in [7, 11) is 0. The summed E-state index contributed by atoms with van der Waals surface area (Å²) in [6, 6.07) is 3.41. The number of rotatable bonds is 3. The van der Waals surface area contributed by atoms with E-state index < -0.39 is 5.60 Å². The summed E-state index contributed by atoms with van der Waals surface area (Å²) in [5.41, 5.74) is 2.10. The van der Waals surface area contributed by atoms with Gasteiger partial charge in [0.15, 0.2) is 0 Å². The first kappa shape index (κ1) is 11.8. The van der Waals surface area contributed by atoms with E-state index in [2.05, 4.69) is 0 Å². The molecule has 2 aromatic rings. The molecule has 4 heteroatoms. The predicted octanol–water partition coefficient (Wildman–Crippen LogP) is 3.68. The Morgan fingerprint density at radius 1 is 1.35 bits per heavy atom. The van der Waals surface area contributed by atoms with Crippen molar-refractivity contribution in [3.63, 3.8) is 0 Å². The Morgan fingerprint density at radius 2 is 2.06 bits per heavy atom. The van der Waals surface area contributed by atoms with Crippen LogP contribution in [0.3, 0.4) is 0 Å². The van der Waals surface area contributed by atoms with E-state index >= 15 is 0 Å². The van der Waals surface area contributed by atoms with Crippen LogP contribution in [-0.2, 0) is 4.74 Å². The highest BCUT2D eigenvalue weighted by Crippen LogP contribution is 2.26. The number of carbonyl (C=O) groups excluding carboxylic acids is 1. The van der Waals surface area contributed by atoms with Crippen LogP contribution in [0, 0.1) is 6.92 Å². The summed E-state index contributed by atoms with van der Waals surface area (Å²) in [5, 5.41) is 0. The summed E-state index contributed by atoms with van der Waals surface area (Å²) in [4.78, 5) is 12.0. The first-order valence-electron chi connectivity index (χ1n) is 5.66. The molecule has 0 aliphatic heterocycles. The Kier molecular flexibility index (Phi) is 2.73. The van der Waals surface area contributed by atoms with Crippen molar-refractivity contribution in [1.82, 2.24) is 0 Å². The highest BCUT2D eigenvalue weighted by molar-refractivity contribution is 5.95. The lowest BCUT2D eigenvalue weighted by Crippen LogP contribution is -2.27. The van der Waals surface area contributed by atoms with Crippen LogP contribution in [0.2, 0.25) is 0 Å². The number of hydrogen-bond donors (Lipinski definition) is 0. The molecule has 0 unspecified atom stereocenters. The van der Waals surface area contributed by atoms with Gasteiger partial charge in [-0.15, -0.1) is 0 Å². The van der Waals surface area contributed by atoms with Crippen LogP contribution in [-0.4, -0.2) is 11.6 Å². The van der Waals surface area contributed by atoms with Gasteiger partial charge in [-0.1, -0.05) is 6.92 Å². The summed E-state index contributed by atoms with van der Waals surface area (Å²) >= 11 is 0. The number of benzene rings is 1. The highest BCUT2D eigenvalue weighted by Gasteiger charge is 2.24. The maximum absolute atomic E-state index is 12.0. The average Bonchev–Trinajstić information content (AvgIpc) is 2.20. The fourth-order valence-corrected chi connectivity index (χ4v) is 1.49. The third kappa shape index (κ3) is 2.07. The van der Waals surface area contributed by atoms with Crippen LogP contribution in [0.15, 0.2) is 21.3 Å². The van der Waals surface area contributed by atoms with Crippen LogP contribution in [0.25, 0.3) is 11.2 Å². The molecule has 1 aromatic heterocycles. The van der Waals surface area contributed by atoms with E-state index in [9.17, 15) is 4.79 Å². The van der Waals surface area contributed by atoms with Crippen molar-refractivity contribution in [2.45, 2.75) is 39.7 Å². The molecular formula is C13H16O4. The Labute approximate surface area is 99.5 Å². The zero-order valence-corrected chi connectivity index (χ0v) is 10.5. The summed E-state index contributed by atoms with van der Waals surface area (Å²) in [6.07, 6.45) is 0.766. The SMILES string of the molecule is CCC(C)(C)OC(=O)c1ccc2ooc2c1C. The van der Waals surface area contributed by atoms with Gasteiger partial charge in [0.2, 0.25) is 11.2 Å². The van der Waals surface area contributed by atoms with Gasteiger partial charge in [0.25, 0.3) is 0 Å². The lowest BCUT2D eigenvalue weighted by atomic mass is 10.1. The Bertz CT molecular complexity index is 545. The van der Waals surface area contributed by atoms with E-state index in [1.54, 1.807) is 12.1 Å². The summed E-state index contributed by atoms with van der Waals surface area (Å²) in [5.74, 6) is -0.326. The number of aryl methyl sites for hydroxylation is 1. The van der Waals surface area contributed by atoms with Gasteiger partial charge in [-0.25, -0.2) is 4.79 Å². The van der Waals surface area contributed by atoms with E-state index in [4.69, 9.17) is 13.9 Å². The minimum Gasteiger partial charge on any atom is -0.456 e. The molecular weight excluding hydrogens is 220 g/mol. The van der Waals surface area contributed by atoms with Gasteiger partial charge in [0.05, 0.1) is 5.56 Å². The molecule has 1 heterocycles. The second-order valence-corrected chi connectivity index (χ2v) is 4.73. The Hall–Kier alpha value is -1.71. The molecule has 1 aromatic carbocycles. The molecule has 0 radical (unpaired) electrons. The Morgan fingerprint density at radius 3 is 2.59 bits per heavy atom. The van der Waals surface area contributed by atoms with Crippen LogP contribution in [0.5, 0.6) is 0 Å². The van der Waals surface area contributed by atoms with Gasteiger partial charge >= 0.3 is 5.97 Å². The second kappa shape index (κ2) is 3.95. The molecule has 0 bridgehead atoms.